The molecule has 0 saturated carbocycles. The number of halogens is 1. The van der Waals surface area contributed by atoms with Gasteiger partial charge in [0.2, 0.25) is 0 Å². The Kier molecular flexibility index (Phi) is 4.01. The van der Waals surface area contributed by atoms with Crippen molar-refractivity contribution in [3.63, 3.8) is 0 Å². The van der Waals surface area contributed by atoms with Gasteiger partial charge >= 0.3 is 0 Å². The molecular weight excluding hydrogens is 281 g/mol. The smallest absolute Gasteiger partial charge is 0.263 e. The Morgan fingerprint density at radius 3 is 2.60 bits per heavy atom. The molecule has 0 bridgehead atoms. The van der Waals surface area contributed by atoms with Gasteiger partial charge in [-0.3, -0.25) is 9.71 Å². The fourth-order valence-electron chi connectivity index (χ4n) is 1.60. The van der Waals surface area contributed by atoms with Gasteiger partial charge in [-0.15, -0.1) is 0 Å². The highest BCUT2D eigenvalue weighted by Gasteiger charge is 2.16. The highest BCUT2D eigenvalue weighted by Crippen LogP contribution is 2.19. The van der Waals surface area contributed by atoms with Crippen LogP contribution in [0.1, 0.15) is 11.3 Å². The molecule has 1 aromatic heterocycles. The molecule has 3 N–H and O–H groups in total. The molecule has 7 heteroatoms. The Labute approximate surface area is 116 Å². The lowest BCUT2D eigenvalue weighted by atomic mass is 10.2. The number of sulfonamides is 1. The summed E-state index contributed by atoms with van der Waals surface area (Å²) < 4.78 is 40.0. The number of nitrogens with one attached hydrogen (secondary N) is 1. The predicted octanol–water partition coefficient (Wildman–Crippen LogP) is 1.79. The van der Waals surface area contributed by atoms with E-state index in [4.69, 9.17) is 5.73 Å². The first-order valence-electron chi connectivity index (χ1n) is 5.86. The molecule has 0 aliphatic heterocycles. The summed E-state index contributed by atoms with van der Waals surface area (Å²) in [5, 5.41) is 0. The normalized spacial score (nSPS) is 11.3. The van der Waals surface area contributed by atoms with Gasteiger partial charge in [0.25, 0.3) is 10.0 Å². The summed E-state index contributed by atoms with van der Waals surface area (Å²) in [6.07, 6.45) is 1.19. The summed E-state index contributed by atoms with van der Waals surface area (Å²) in [7, 11) is -3.87. The second-order valence-electron chi connectivity index (χ2n) is 4.28. The molecule has 0 aliphatic carbocycles. The standard InChI is InChI=1S/C13H14FN3O2S/c1-9-2-5-13(12(14)6-9)17-20(18,19)11-4-3-10(7-15)16-8-11/h2-6,8,17H,7,15H2,1H3. The molecule has 106 valence electrons. The number of pyridine rings is 1. The van der Waals surface area contributed by atoms with Gasteiger partial charge in [0, 0.05) is 12.7 Å². The van der Waals surface area contributed by atoms with Crippen LogP contribution in [0.5, 0.6) is 0 Å². The Hall–Kier alpha value is -1.99. The van der Waals surface area contributed by atoms with Crippen LogP contribution in [-0.4, -0.2) is 13.4 Å². The molecule has 2 rings (SSSR count). The molecule has 2 aromatic rings. The molecule has 0 radical (unpaired) electrons. The minimum atomic E-state index is -3.87. The van der Waals surface area contributed by atoms with E-state index < -0.39 is 15.8 Å². The lowest BCUT2D eigenvalue weighted by molar-refractivity contribution is 0.598. The van der Waals surface area contributed by atoms with E-state index in [1.54, 1.807) is 13.0 Å². The molecule has 5 nitrogen and oxygen atoms in total. The van der Waals surface area contributed by atoms with Gasteiger partial charge in [-0.1, -0.05) is 6.07 Å². The minimum absolute atomic E-state index is 0.0466. The number of benzene rings is 1. The maximum Gasteiger partial charge on any atom is 0.263 e. The topological polar surface area (TPSA) is 85.1 Å². The molecule has 1 heterocycles. The zero-order chi connectivity index (χ0) is 14.8. The van der Waals surface area contributed by atoms with Crippen LogP contribution in [-0.2, 0) is 16.6 Å². The van der Waals surface area contributed by atoms with Crippen molar-refractivity contribution in [3.05, 3.63) is 53.6 Å². The van der Waals surface area contributed by atoms with Crippen molar-refractivity contribution in [1.82, 2.24) is 4.98 Å². The van der Waals surface area contributed by atoms with Crippen LogP contribution < -0.4 is 10.5 Å². The minimum Gasteiger partial charge on any atom is -0.325 e. The molecule has 0 fully saturated rings. The van der Waals surface area contributed by atoms with Gasteiger partial charge in [0.1, 0.15) is 10.7 Å². The molecule has 0 spiro atoms. The highest BCUT2D eigenvalue weighted by atomic mass is 32.2. The van der Waals surface area contributed by atoms with Crippen LogP contribution in [0.2, 0.25) is 0 Å². The molecular formula is C13H14FN3O2S. The molecule has 0 amide bonds. The van der Waals surface area contributed by atoms with Gasteiger partial charge < -0.3 is 5.73 Å². The lowest BCUT2D eigenvalue weighted by Crippen LogP contribution is -2.14. The van der Waals surface area contributed by atoms with E-state index in [2.05, 4.69) is 9.71 Å². The molecule has 0 saturated heterocycles. The van der Waals surface area contributed by atoms with E-state index in [-0.39, 0.29) is 17.1 Å². The van der Waals surface area contributed by atoms with E-state index in [9.17, 15) is 12.8 Å². The Balaban J connectivity index is 2.30. The maximum absolute atomic E-state index is 13.7. The highest BCUT2D eigenvalue weighted by molar-refractivity contribution is 7.92. The first-order valence-corrected chi connectivity index (χ1v) is 7.34. The summed E-state index contributed by atoms with van der Waals surface area (Å²) in [5.74, 6) is -0.625. The monoisotopic (exact) mass is 295 g/mol. The van der Waals surface area contributed by atoms with Gasteiger partial charge in [-0.2, -0.15) is 0 Å². The number of aryl methyl sites for hydroxylation is 1. The molecule has 1 aromatic carbocycles. The molecule has 0 atom stereocenters. The Morgan fingerprint density at radius 1 is 1.30 bits per heavy atom. The SMILES string of the molecule is Cc1ccc(NS(=O)(=O)c2ccc(CN)nc2)c(F)c1. The first kappa shape index (κ1) is 14.4. The Morgan fingerprint density at radius 2 is 2.05 bits per heavy atom. The lowest BCUT2D eigenvalue weighted by Gasteiger charge is -2.09. The van der Waals surface area contributed by atoms with Crippen LogP contribution in [0.25, 0.3) is 0 Å². The summed E-state index contributed by atoms with van der Waals surface area (Å²) >= 11 is 0. The second-order valence-corrected chi connectivity index (χ2v) is 5.96. The fraction of sp³-hybridized carbons (Fsp3) is 0.154. The number of hydrogen-bond acceptors (Lipinski definition) is 4. The van der Waals surface area contributed by atoms with Crippen molar-refractivity contribution in [2.24, 2.45) is 5.73 Å². The van der Waals surface area contributed by atoms with E-state index in [1.807, 2.05) is 0 Å². The predicted molar refractivity (Wildman–Crippen MR) is 74.1 cm³/mol. The third-order valence-corrected chi connectivity index (χ3v) is 4.04. The second kappa shape index (κ2) is 5.56. The number of aromatic nitrogens is 1. The number of rotatable bonds is 4. The van der Waals surface area contributed by atoms with Crippen LogP contribution >= 0.6 is 0 Å². The van der Waals surface area contributed by atoms with Gasteiger partial charge in [0.05, 0.1) is 11.4 Å². The largest absolute Gasteiger partial charge is 0.325 e. The number of hydrogen-bond donors (Lipinski definition) is 2. The average Bonchev–Trinajstić information content (AvgIpc) is 2.42. The summed E-state index contributed by atoms with van der Waals surface area (Å²) in [4.78, 5) is 3.86. The van der Waals surface area contributed by atoms with Gasteiger partial charge in [-0.25, -0.2) is 12.8 Å². The van der Waals surface area contributed by atoms with Crippen LogP contribution in [0.15, 0.2) is 41.4 Å². The summed E-state index contributed by atoms with van der Waals surface area (Å²) in [6, 6.07) is 7.15. The van der Waals surface area contributed by atoms with Gasteiger partial charge in [-0.05, 0) is 36.8 Å². The number of anilines is 1. The van der Waals surface area contributed by atoms with E-state index in [1.165, 1.54) is 30.5 Å². The van der Waals surface area contributed by atoms with E-state index in [0.717, 1.165) is 0 Å². The number of nitrogens with two attached hydrogens (primary N) is 1. The molecule has 20 heavy (non-hydrogen) atoms. The Bertz CT molecular complexity index is 715. The molecule has 0 unspecified atom stereocenters. The van der Waals surface area contributed by atoms with Crippen molar-refractivity contribution < 1.29 is 12.8 Å². The van der Waals surface area contributed by atoms with E-state index in [0.29, 0.717) is 11.3 Å². The number of nitrogens with zero attached hydrogens (tertiary/aromatic N) is 1. The zero-order valence-corrected chi connectivity index (χ0v) is 11.6. The summed E-state index contributed by atoms with van der Waals surface area (Å²) in [5.41, 5.74) is 6.57. The van der Waals surface area contributed by atoms with Gasteiger partial charge in [0.15, 0.2) is 0 Å². The fourth-order valence-corrected chi connectivity index (χ4v) is 2.61. The van der Waals surface area contributed by atoms with Crippen LogP contribution in [0.3, 0.4) is 0 Å². The maximum atomic E-state index is 13.7. The van der Waals surface area contributed by atoms with Crippen LogP contribution in [0, 0.1) is 12.7 Å². The van der Waals surface area contributed by atoms with Crippen molar-refractivity contribution in [2.75, 3.05) is 4.72 Å². The molecule has 0 aliphatic rings. The van der Waals surface area contributed by atoms with E-state index >= 15 is 0 Å². The van der Waals surface area contributed by atoms with Crippen molar-refractivity contribution >= 4 is 15.7 Å². The zero-order valence-electron chi connectivity index (χ0n) is 10.8. The van der Waals surface area contributed by atoms with Crippen LogP contribution in [0.4, 0.5) is 10.1 Å². The van der Waals surface area contributed by atoms with Crippen molar-refractivity contribution in [2.45, 2.75) is 18.4 Å². The van der Waals surface area contributed by atoms with Crippen molar-refractivity contribution in [3.8, 4) is 0 Å². The quantitative estimate of drug-likeness (QED) is 0.900. The summed E-state index contributed by atoms with van der Waals surface area (Å²) in [6.45, 7) is 1.94. The third-order valence-electron chi connectivity index (χ3n) is 2.69. The third kappa shape index (κ3) is 3.12. The average molecular weight is 295 g/mol. The van der Waals surface area contributed by atoms with Crippen molar-refractivity contribution in [1.29, 1.82) is 0 Å². The first-order chi connectivity index (χ1) is 9.42.